The van der Waals surface area contributed by atoms with Crippen molar-refractivity contribution in [3.05, 3.63) is 53.4 Å². The van der Waals surface area contributed by atoms with Gasteiger partial charge in [-0.1, -0.05) is 12.1 Å². The quantitative estimate of drug-likeness (QED) is 0.656. The Hall–Kier alpha value is -3.07. The van der Waals surface area contributed by atoms with Crippen molar-refractivity contribution in [3.63, 3.8) is 0 Å². The largest absolute Gasteiger partial charge is 0.464 e. The van der Waals surface area contributed by atoms with Crippen LogP contribution in [0.2, 0.25) is 0 Å². The van der Waals surface area contributed by atoms with Gasteiger partial charge in [-0.05, 0) is 43.5 Å². The third-order valence-corrected chi connectivity index (χ3v) is 4.46. The number of nitrogens with one attached hydrogen (secondary N) is 1. The van der Waals surface area contributed by atoms with Crippen LogP contribution >= 0.6 is 11.3 Å². The van der Waals surface area contributed by atoms with Gasteiger partial charge in [0.2, 0.25) is 5.82 Å². The lowest BCUT2D eigenvalue weighted by atomic mass is 10.3. The lowest BCUT2D eigenvalue weighted by molar-refractivity contribution is -0.144. The van der Waals surface area contributed by atoms with Crippen LogP contribution in [-0.4, -0.2) is 39.3 Å². The van der Waals surface area contributed by atoms with Crippen LogP contribution in [-0.2, 0) is 9.53 Å². The van der Waals surface area contributed by atoms with E-state index < -0.39 is 23.7 Å². The van der Waals surface area contributed by atoms with Crippen LogP contribution in [0.15, 0.2) is 41.8 Å². The second-order valence-corrected chi connectivity index (χ2v) is 6.52. The Bertz CT molecular complexity index is 955. The second-order valence-electron chi connectivity index (χ2n) is 5.58. The minimum absolute atomic E-state index is 0.126. The van der Waals surface area contributed by atoms with Crippen molar-refractivity contribution in [1.82, 2.24) is 20.1 Å². The maximum atomic E-state index is 13.6. The summed E-state index contributed by atoms with van der Waals surface area (Å²) in [7, 11) is 0. The predicted molar refractivity (Wildman–Crippen MR) is 98.2 cm³/mol. The lowest BCUT2D eigenvalue weighted by Crippen LogP contribution is -2.40. The number of hydrogen-bond acceptors (Lipinski definition) is 6. The summed E-state index contributed by atoms with van der Waals surface area (Å²) in [4.78, 5) is 29.2. The van der Waals surface area contributed by atoms with Gasteiger partial charge in [0, 0.05) is 0 Å². The second kappa shape index (κ2) is 8.09. The van der Waals surface area contributed by atoms with Gasteiger partial charge in [0.15, 0.2) is 5.82 Å². The summed E-state index contributed by atoms with van der Waals surface area (Å²) in [6.45, 7) is 3.41. The number of aromatic nitrogens is 3. The van der Waals surface area contributed by atoms with E-state index in [1.54, 1.807) is 19.1 Å². The summed E-state index contributed by atoms with van der Waals surface area (Å²) in [5.74, 6) is -1.32. The van der Waals surface area contributed by atoms with E-state index in [2.05, 4.69) is 15.4 Å². The average molecular weight is 388 g/mol. The summed E-state index contributed by atoms with van der Waals surface area (Å²) < 4.78 is 19.9. The lowest BCUT2D eigenvalue weighted by Gasteiger charge is -2.10. The molecule has 0 aliphatic rings. The minimum atomic E-state index is -0.844. The molecular formula is C18H17FN4O3S. The molecule has 0 saturated heterocycles. The molecule has 2 heterocycles. The van der Waals surface area contributed by atoms with E-state index in [0.29, 0.717) is 11.5 Å². The Morgan fingerprint density at radius 1 is 1.33 bits per heavy atom. The monoisotopic (exact) mass is 388 g/mol. The summed E-state index contributed by atoms with van der Waals surface area (Å²) >= 11 is 1.42. The molecule has 3 aromatic rings. The first kappa shape index (κ1) is 18.7. The smallest absolute Gasteiger partial charge is 0.328 e. The molecule has 0 aliphatic carbocycles. The molecule has 0 aliphatic heterocycles. The summed E-state index contributed by atoms with van der Waals surface area (Å²) in [5.41, 5.74) is 0.434. The number of nitrogens with zero attached hydrogens (tertiary/aromatic N) is 3. The molecule has 1 amide bonds. The molecule has 0 bridgehead atoms. The maximum absolute atomic E-state index is 13.6. The van der Waals surface area contributed by atoms with Crippen molar-refractivity contribution in [2.75, 3.05) is 6.61 Å². The van der Waals surface area contributed by atoms with Crippen LogP contribution < -0.4 is 5.32 Å². The van der Waals surface area contributed by atoms with Gasteiger partial charge in [0.1, 0.15) is 11.9 Å². The average Bonchev–Trinajstić information content (AvgIpc) is 3.31. The molecule has 27 heavy (non-hydrogen) atoms. The van der Waals surface area contributed by atoms with Crippen molar-refractivity contribution in [2.45, 2.75) is 19.9 Å². The zero-order valence-electron chi connectivity index (χ0n) is 14.7. The first-order valence-corrected chi connectivity index (χ1v) is 9.12. The summed E-state index contributed by atoms with van der Waals surface area (Å²) in [5, 5.41) is 8.59. The number of rotatable bonds is 6. The number of carbonyl (C=O) groups is 2. The highest BCUT2D eigenvalue weighted by molar-refractivity contribution is 7.13. The Balaban J connectivity index is 1.94. The van der Waals surface area contributed by atoms with Gasteiger partial charge in [-0.25, -0.2) is 18.9 Å². The number of amides is 1. The van der Waals surface area contributed by atoms with Crippen molar-refractivity contribution < 1.29 is 18.7 Å². The number of halogens is 1. The molecule has 1 atom stereocenters. The summed E-state index contributed by atoms with van der Waals surface area (Å²) in [6, 6.07) is 8.66. The van der Waals surface area contributed by atoms with Gasteiger partial charge in [-0.15, -0.1) is 16.4 Å². The first-order valence-electron chi connectivity index (χ1n) is 8.24. The topological polar surface area (TPSA) is 86.1 Å². The number of thiophene rings is 1. The molecule has 140 valence electrons. The highest BCUT2D eigenvalue weighted by Gasteiger charge is 2.23. The standard InChI is InChI=1S/C18H17FN4O3S/c1-3-26-18(25)11(2)20-17(24)15-21-16(14-8-5-9-27-14)23(22-15)13-7-4-6-12(19)10-13/h4-11H,3H2,1-2H3,(H,20,24). The number of benzene rings is 1. The van der Waals surface area contributed by atoms with Crippen LogP contribution in [0.3, 0.4) is 0 Å². The van der Waals surface area contributed by atoms with E-state index >= 15 is 0 Å². The van der Waals surface area contributed by atoms with Gasteiger partial charge in [0.05, 0.1) is 17.2 Å². The molecule has 0 fully saturated rings. The molecule has 3 rings (SSSR count). The van der Waals surface area contributed by atoms with E-state index in [9.17, 15) is 14.0 Å². The van der Waals surface area contributed by atoms with Crippen molar-refractivity contribution in [1.29, 1.82) is 0 Å². The molecule has 0 saturated carbocycles. The third-order valence-electron chi connectivity index (χ3n) is 3.59. The third kappa shape index (κ3) is 4.20. The fraction of sp³-hybridized carbons (Fsp3) is 0.222. The zero-order chi connectivity index (χ0) is 19.4. The Labute approximate surface area is 158 Å². The molecule has 1 N–H and O–H groups in total. The highest BCUT2D eigenvalue weighted by atomic mass is 32.1. The molecule has 0 radical (unpaired) electrons. The van der Waals surface area contributed by atoms with Gasteiger partial charge in [0.25, 0.3) is 5.91 Å². The SMILES string of the molecule is CCOC(=O)C(C)NC(=O)c1nc(-c2cccs2)n(-c2cccc(F)c2)n1. The van der Waals surface area contributed by atoms with E-state index in [1.165, 1.54) is 35.1 Å². The molecule has 1 unspecified atom stereocenters. The molecule has 2 aromatic heterocycles. The van der Waals surface area contributed by atoms with Crippen LogP contribution in [0.4, 0.5) is 4.39 Å². The van der Waals surface area contributed by atoms with Crippen LogP contribution in [0, 0.1) is 5.82 Å². The van der Waals surface area contributed by atoms with E-state index in [-0.39, 0.29) is 12.4 Å². The molecular weight excluding hydrogens is 371 g/mol. The molecule has 7 nitrogen and oxygen atoms in total. The maximum Gasteiger partial charge on any atom is 0.328 e. The molecule has 0 spiro atoms. The Kier molecular flexibility index (Phi) is 5.60. The van der Waals surface area contributed by atoms with E-state index in [0.717, 1.165) is 4.88 Å². The molecule has 9 heteroatoms. The normalized spacial score (nSPS) is 11.8. The van der Waals surface area contributed by atoms with Crippen LogP contribution in [0.1, 0.15) is 24.5 Å². The zero-order valence-corrected chi connectivity index (χ0v) is 15.5. The Morgan fingerprint density at radius 3 is 2.81 bits per heavy atom. The Morgan fingerprint density at radius 2 is 2.15 bits per heavy atom. The van der Waals surface area contributed by atoms with Crippen molar-refractivity contribution >= 4 is 23.2 Å². The van der Waals surface area contributed by atoms with Gasteiger partial charge in [-0.3, -0.25) is 4.79 Å². The van der Waals surface area contributed by atoms with E-state index in [4.69, 9.17) is 4.74 Å². The van der Waals surface area contributed by atoms with Crippen LogP contribution in [0.5, 0.6) is 0 Å². The van der Waals surface area contributed by atoms with Gasteiger partial charge < -0.3 is 10.1 Å². The van der Waals surface area contributed by atoms with Gasteiger partial charge in [-0.2, -0.15) is 0 Å². The number of ether oxygens (including phenoxy) is 1. The highest BCUT2D eigenvalue weighted by Crippen LogP contribution is 2.25. The number of hydrogen-bond donors (Lipinski definition) is 1. The van der Waals surface area contributed by atoms with Gasteiger partial charge >= 0.3 is 5.97 Å². The fourth-order valence-electron chi connectivity index (χ4n) is 2.35. The summed E-state index contributed by atoms with van der Waals surface area (Å²) in [6.07, 6.45) is 0. The number of carbonyl (C=O) groups excluding carboxylic acids is 2. The number of esters is 1. The fourth-order valence-corrected chi connectivity index (χ4v) is 3.05. The first-order chi connectivity index (χ1) is 13.0. The molecule has 1 aromatic carbocycles. The minimum Gasteiger partial charge on any atom is -0.464 e. The van der Waals surface area contributed by atoms with Crippen LogP contribution in [0.25, 0.3) is 16.4 Å². The van der Waals surface area contributed by atoms with Crippen molar-refractivity contribution in [3.8, 4) is 16.4 Å². The van der Waals surface area contributed by atoms with Crippen molar-refractivity contribution in [2.24, 2.45) is 0 Å². The predicted octanol–water partition coefficient (Wildman–Crippen LogP) is 2.82. The van der Waals surface area contributed by atoms with E-state index in [1.807, 2.05) is 17.5 Å².